The molecular formula is C13H12N2. The minimum Gasteiger partial charge on any atom is -0.383 e. The molecule has 0 radical (unpaired) electrons. The first-order valence-electron chi connectivity index (χ1n) is 4.88. The lowest BCUT2D eigenvalue weighted by atomic mass is 10.1. The van der Waals surface area contributed by atoms with Crippen LogP contribution in [-0.4, -0.2) is 12.3 Å². The molecule has 0 spiro atoms. The summed E-state index contributed by atoms with van der Waals surface area (Å²) in [7, 11) is 0. The summed E-state index contributed by atoms with van der Waals surface area (Å²) in [6.45, 7) is 2.78. The Morgan fingerprint density at radius 1 is 1.20 bits per heavy atom. The number of aryl methyl sites for hydroxylation is 1. The number of rotatable bonds is 0. The Hall–Kier alpha value is -2.01. The van der Waals surface area contributed by atoms with E-state index in [0.717, 1.165) is 17.8 Å². The summed E-state index contributed by atoms with van der Waals surface area (Å²) in [5.74, 6) is 6.13. The van der Waals surface area contributed by atoms with Crippen molar-refractivity contribution in [2.24, 2.45) is 4.99 Å². The van der Waals surface area contributed by atoms with Gasteiger partial charge in [0.15, 0.2) is 0 Å². The monoisotopic (exact) mass is 196 g/mol. The van der Waals surface area contributed by atoms with Crippen molar-refractivity contribution in [3.8, 4) is 11.8 Å². The van der Waals surface area contributed by atoms with Gasteiger partial charge in [-0.05, 0) is 25.0 Å². The van der Waals surface area contributed by atoms with Crippen molar-refractivity contribution in [2.75, 3.05) is 6.54 Å². The Bertz CT molecular complexity index is 456. The lowest BCUT2D eigenvalue weighted by Gasteiger charge is -2.02. The topological polar surface area (TPSA) is 24.4 Å². The molecule has 0 aliphatic carbocycles. The third kappa shape index (κ3) is 2.72. The van der Waals surface area contributed by atoms with Crippen molar-refractivity contribution < 1.29 is 0 Å². The summed E-state index contributed by atoms with van der Waals surface area (Å²) in [5.41, 5.74) is 3.15. The Labute approximate surface area is 89.7 Å². The molecule has 1 heterocycles. The molecule has 0 saturated carbocycles. The normalized spacial score (nSPS) is 13.5. The van der Waals surface area contributed by atoms with Crippen LogP contribution in [0.5, 0.6) is 0 Å². The molecule has 1 N–H and O–H groups in total. The van der Waals surface area contributed by atoms with Crippen LogP contribution < -0.4 is 5.32 Å². The van der Waals surface area contributed by atoms with E-state index in [1.807, 2.05) is 18.3 Å². The van der Waals surface area contributed by atoms with Gasteiger partial charge in [0.25, 0.3) is 0 Å². The zero-order chi connectivity index (χ0) is 10.5. The van der Waals surface area contributed by atoms with Crippen molar-refractivity contribution in [1.29, 1.82) is 0 Å². The fourth-order valence-electron chi connectivity index (χ4n) is 1.24. The fourth-order valence-corrected chi connectivity index (χ4v) is 1.24. The molecule has 0 bridgehead atoms. The number of nitrogens with one attached hydrogen (secondary N) is 1. The van der Waals surface area contributed by atoms with Gasteiger partial charge in [-0.1, -0.05) is 23.6 Å². The number of nitrogens with zero attached hydrogens (tertiary/aromatic N) is 1. The Balaban J connectivity index is 2.14. The van der Waals surface area contributed by atoms with Gasteiger partial charge in [0.05, 0.1) is 6.54 Å². The Kier molecular flexibility index (Phi) is 2.85. The van der Waals surface area contributed by atoms with Crippen LogP contribution in [0.25, 0.3) is 0 Å². The van der Waals surface area contributed by atoms with Crippen molar-refractivity contribution in [3.05, 3.63) is 47.8 Å². The molecule has 1 aromatic carbocycles. The molecule has 2 nitrogen and oxygen atoms in total. The molecule has 0 unspecified atom stereocenters. The highest BCUT2D eigenvalue weighted by atomic mass is 14.9. The highest BCUT2D eigenvalue weighted by Crippen LogP contribution is 2.00. The van der Waals surface area contributed by atoms with Crippen LogP contribution >= 0.6 is 0 Å². The number of aliphatic imine (C=N–C) groups is 1. The molecule has 74 valence electrons. The van der Waals surface area contributed by atoms with E-state index in [2.05, 4.69) is 41.2 Å². The largest absolute Gasteiger partial charge is 0.383 e. The average Bonchev–Trinajstić information content (AvgIpc) is 2.30. The Morgan fingerprint density at radius 3 is 2.67 bits per heavy atom. The van der Waals surface area contributed by atoms with Gasteiger partial charge in [0.1, 0.15) is 5.71 Å². The highest BCUT2D eigenvalue weighted by molar-refractivity contribution is 6.03. The van der Waals surface area contributed by atoms with Crippen LogP contribution in [0.15, 0.2) is 41.7 Å². The quantitative estimate of drug-likeness (QED) is 0.629. The van der Waals surface area contributed by atoms with Gasteiger partial charge in [-0.2, -0.15) is 0 Å². The lowest BCUT2D eigenvalue weighted by molar-refractivity contribution is 0.994. The standard InChI is InChI=1S/C13H12N2/c1-11-2-4-12(5-3-11)6-7-13-10-14-8-9-15-13/h2-5,8-9,14H,10H2,1H3. The molecule has 1 aromatic rings. The maximum Gasteiger partial charge on any atom is 0.109 e. The van der Waals surface area contributed by atoms with E-state index in [1.54, 1.807) is 6.20 Å². The van der Waals surface area contributed by atoms with Gasteiger partial charge in [-0.3, -0.25) is 0 Å². The third-order valence-electron chi connectivity index (χ3n) is 2.09. The zero-order valence-electron chi connectivity index (χ0n) is 8.62. The molecule has 15 heavy (non-hydrogen) atoms. The van der Waals surface area contributed by atoms with Gasteiger partial charge >= 0.3 is 0 Å². The first-order chi connectivity index (χ1) is 7.34. The summed E-state index contributed by atoms with van der Waals surface area (Å²) in [4.78, 5) is 4.16. The minimum absolute atomic E-state index is 0.718. The molecule has 1 aliphatic heterocycles. The van der Waals surface area contributed by atoms with E-state index in [0.29, 0.717) is 0 Å². The van der Waals surface area contributed by atoms with Crippen molar-refractivity contribution in [1.82, 2.24) is 5.32 Å². The van der Waals surface area contributed by atoms with Gasteiger partial charge in [0, 0.05) is 18.0 Å². The lowest BCUT2D eigenvalue weighted by Crippen LogP contribution is -2.18. The van der Waals surface area contributed by atoms with Crippen molar-refractivity contribution in [3.63, 3.8) is 0 Å². The van der Waals surface area contributed by atoms with Crippen LogP contribution in [0.4, 0.5) is 0 Å². The highest BCUT2D eigenvalue weighted by Gasteiger charge is 1.94. The first-order valence-corrected chi connectivity index (χ1v) is 4.88. The zero-order valence-corrected chi connectivity index (χ0v) is 8.62. The molecule has 0 saturated heterocycles. The molecule has 2 rings (SSSR count). The maximum absolute atomic E-state index is 4.16. The number of benzene rings is 1. The van der Waals surface area contributed by atoms with Gasteiger partial charge < -0.3 is 5.32 Å². The van der Waals surface area contributed by atoms with E-state index < -0.39 is 0 Å². The SMILES string of the molecule is Cc1ccc(C#CC2=NC=CNC2)cc1. The van der Waals surface area contributed by atoms with Gasteiger partial charge in [-0.25, -0.2) is 4.99 Å². The second-order valence-electron chi connectivity index (χ2n) is 3.39. The molecule has 0 amide bonds. The smallest absolute Gasteiger partial charge is 0.109 e. The maximum atomic E-state index is 4.16. The summed E-state index contributed by atoms with van der Waals surface area (Å²) in [5, 5.41) is 3.07. The Morgan fingerprint density at radius 2 is 2.00 bits per heavy atom. The number of hydrogen-bond donors (Lipinski definition) is 1. The second-order valence-corrected chi connectivity index (χ2v) is 3.39. The molecule has 0 aromatic heterocycles. The molecule has 0 fully saturated rings. The fraction of sp³-hybridized carbons (Fsp3) is 0.154. The first kappa shape index (κ1) is 9.54. The molecule has 1 aliphatic rings. The van der Waals surface area contributed by atoms with Crippen LogP contribution in [0.3, 0.4) is 0 Å². The van der Waals surface area contributed by atoms with E-state index in [-0.39, 0.29) is 0 Å². The van der Waals surface area contributed by atoms with Crippen LogP contribution in [0.2, 0.25) is 0 Å². The van der Waals surface area contributed by atoms with Gasteiger partial charge in [0.2, 0.25) is 0 Å². The predicted molar refractivity (Wildman–Crippen MR) is 62.6 cm³/mol. The van der Waals surface area contributed by atoms with E-state index in [4.69, 9.17) is 0 Å². The minimum atomic E-state index is 0.718. The average molecular weight is 196 g/mol. The molecule has 0 atom stereocenters. The van der Waals surface area contributed by atoms with Crippen molar-refractivity contribution in [2.45, 2.75) is 6.92 Å². The van der Waals surface area contributed by atoms with E-state index >= 15 is 0 Å². The summed E-state index contributed by atoms with van der Waals surface area (Å²) < 4.78 is 0. The summed E-state index contributed by atoms with van der Waals surface area (Å²) >= 11 is 0. The van der Waals surface area contributed by atoms with Crippen LogP contribution in [0.1, 0.15) is 11.1 Å². The molecule has 2 heteroatoms. The molecular weight excluding hydrogens is 184 g/mol. The van der Waals surface area contributed by atoms with E-state index in [9.17, 15) is 0 Å². The predicted octanol–water partition coefficient (Wildman–Crippen LogP) is 1.86. The third-order valence-corrected chi connectivity index (χ3v) is 2.09. The van der Waals surface area contributed by atoms with Crippen LogP contribution in [0, 0.1) is 18.8 Å². The second kappa shape index (κ2) is 4.47. The van der Waals surface area contributed by atoms with Gasteiger partial charge in [-0.15, -0.1) is 0 Å². The summed E-state index contributed by atoms with van der Waals surface area (Å²) in [6, 6.07) is 8.17. The van der Waals surface area contributed by atoms with E-state index in [1.165, 1.54) is 5.56 Å². The van der Waals surface area contributed by atoms with Crippen LogP contribution in [-0.2, 0) is 0 Å². The van der Waals surface area contributed by atoms with Crippen molar-refractivity contribution >= 4 is 5.71 Å². The summed E-state index contributed by atoms with van der Waals surface area (Å²) in [6.07, 6.45) is 3.54. The number of hydrogen-bond acceptors (Lipinski definition) is 2.